The van der Waals surface area contributed by atoms with Crippen LogP contribution in [0, 0.1) is 5.92 Å². The van der Waals surface area contributed by atoms with Crippen molar-refractivity contribution in [3.05, 3.63) is 36.5 Å². The monoisotopic (exact) mass is 328 g/mol. The van der Waals surface area contributed by atoms with Gasteiger partial charge in [-0.15, -0.1) is 6.58 Å². The molecule has 0 aromatic heterocycles. The highest BCUT2D eigenvalue weighted by Gasteiger charge is 2.18. The van der Waals surface area contributed by atoms with E-state index >= 15 is 0 Å². The predicted octanol–water partition coefficient (Wildman–Crippen LogP) is 3.93. The number of allylic oxidation sites excluding steroid dienone is 4. The van der Waals surface area contributed by atoms with Crippen molar-refractivity contribution in [2.24, 2.45) is 15.9 Å². The van der Waals surface area contributed by atoms with Crippen LogP contribution in [0.25, 0.3) is 0 Å². The van der Waals surface area contributed by atoms with Crippen molar-refractivity contribution in [3.8, 4) is 0 Å². The lowest BCUT2D eigenvalue weighted by molar-refractivity contribution is 0.356. The Morgan fingerprint density at radius 1 is 1.29 bits per heavy atom. The molecule has 4 nitrogen and oxygen atoms in total. The lowest BCUT2D eigenvalue weighted by atomic mass is 9.89. The van der Waals surface area contributed by atoms with Gasteiger partial charge in [0, 0.05) is 25.7 Å². The van der Waals surface area contributed by atoms with Crippen molar-refractivity contribution in [2.75, 3.05) is 26.7 Å². The molecule has 0 atom stereocenters. The highest BCUT2D eigenvalue weighted by Crippen LogP contribution is 2.22. The molecule has 0 aromatic carbocycles. The summed E-state index contributed by atoms with van der Waals surface area (Å²) >= 11 is 0. The third kappa shape index (κ3) is 5.66. The van der Waals surface area contributed by atoms with Crippen LogP contribution in [-0.4, -0.2) is 43.4 Å². The molecule has 0 aromatic rings. The Hall–Kier alpha value is -1.84. The first-order valence-corrected chi connectivity index (χ1v) is 9.29. The minimum Gasteiger partial charge on any atom is -0.360 e. The van der Waals surface area contributed by atoms with Crippen LogP contribution in [0.5, 0.6) is 0 Å². The molecular formula is C20H32N4. The number of nitrogens with zero attached hydrogens (tertiary/aromatic N) is 3. The highest BCUT2D eigenvalue weighted by molar-refractivity contribution is 6.07. The highest BCUT2D eigenvalue weighted by atomic mass is 15.2. The van der Waals surface area contributed by atoms with Crippen LogP contribution in [0.15, 0.2) is 46.4 Å². The van der Waals surface area contributed by atoms with Gasteiger partial charge < -0.3 is 10.2 Å². The SMILES string of the molecule is C=CC/C=C\C=C1/CN=C(NCC2CCCCC2)N=C1N(C)CC. The van der Waals surface area contributed by atoms with Crippen LogP contribution in [0.1, 0.15) is 45.4 Å². The van der Waals surface area contributed by atoms with Crippen LogP contribution in [0.3, 0.4) is 0 Å². The Morgan fingerprint density at radius 2 is 2.08 bits per heavy atom. The van der Waals surface area contributed by atoms with Gasteiger partial charge in [-0.1, -0.05) is 43.6 Å². The largest absolute Gasteiger partial charge is 0.360 e. The Kier molecular flexibility index (Phi) is 7.80. The molecule has 1 aliphatic carbocycles. The Labute approximate surface area is 147 Å². The van der Waals surface area contributed by atoms with Crippen molar-refractivity contribution in [2.45, 2.75) is 45.4 Å². The first-order chi connectivity index (χ1) is 11.7. The maximum absolute atomic E-state index is 4.78. The molecule has 2 rings (SSSR count). The predicted molar refractivity (Wildman–Crippen MR) is 105 cm³/mol. The second-order valence-electron chi connectivity index (χ2n) is 6.62. The zero-order valence-corrected chi connectivity index (χ0v) is 15.3. The van der Waals surface area contributed by atoms with Gasteiger partial charge in [-0.2, -0.15) is 4.99 Å². The van der Waals surface area contributed by atoms with Crippen LogP contribution >= 0.6 is 0 Å². The first kappa shape index (κ1) is 18.5. The van der Waals surface area contributed by atoms with Gasteiger partial charge in [0.1, 0.15) is 5.84 Å². The minimum atomic E-state index is 0.689. The summed E-state index contributed by atoms with van der Waals surface area (Å²) in [7, 11) is 2.09. The van der Waals surface area contributed by atoms with Crippen molar-refractivity contribution in [1.29, 1.82) is 0 Å². The summed E-state index contributed by atoms with van der Waals surface area (Å²) in [4.78, 5) is 11.6. The van der Waals surface area contributed by atoms with Gasteiger partial charge in [-0.25, -0.2) is 4.99 Å². The lowest BCUT2D eigenvalue weighted by Crippen LogP contribution is -2.37. The molecule has 0 spiro atoms. The summed E-state index contributed by atoms with van der Waals surface area (Å²) in [6.45, 7) is 8.51. The topological polar surface area (TPSA) is 40.0 Å². The number of rotatable bonds is 6. The Morgan fingerprint density at radius 3 is 2.79 bits per heavy atom. The third-order valence-electron chi connectivity index (χ3n) is 4.74. The summed E-state index contributed by atoms with van der Waals surface area (Å²) in [5.74, 6) is 2.60. The van der Waals surface area contributed by atoms with Gasteiger partial charge in [-0.3, -0.25) is 0 Å². The molecule has 2 aliphatic rings. The first-order valence-electron chi connectivity index (χ1n) is 9.29. The van der Waals surface area contributed by atoms with Crippen LogP contribution in [-0.2, 0) is 0 Å². The Balaban J connectivity index is 1.99. The van der Waals surface area contributed by atoms with Gasteiger partial charge in [0.05, 0.1) is 6.54 Å². The molecule has 1 fully saturated rings. The zero-order valence-electron chi connectivity index (χ0n) is 15.3. The molecule has 1 heterocycles. The summed E-state index contributed by atoms with van der Waals surface area (Å²) in [6, 6.07) is 0. The van der Waals surface area contributed by atoms with Gasteiger partial charge in [-0.05, 0) is 32.1 Å². The molecule has 0 amide bonds. The smallest absolute Gasteiger partial charge is 0.220 e. The van der Waals surface area contributed by atoms with Crippen LogP contribution < -0.4 is 5.32 Å². The molecular weight excluding hydrogens is 296 g/mol. The number of aliphatic imine (C=N–C) groups is 2. The van der Waals surface area contributed by atoms with E-state index in [2.05, 4.69) is 54.0 Å². The van der Waals surface area contributed by atoms with Crippen molar-refractivity contribution < 1.29 is 0 Å². The van der Waals surface area contributed by atoms with E-state index in [0.717, 1.165) is 37.2 Å². The quantitative estimate of drug-likeness (QED) is 0.750. The second-order valence-corrected chi connectivity index (χ2v) is 6.62. The molecule has 132 valence electrons. The van der Waals surface area contributed by atoms with Gasteiger partial charge >= 0.3 is 0 Å². The second kappa shape index (κ2) is 10.1. The standard InChI is InChI=1S/C20H32N4/c1-4-6-7-11-14-18-16-22-20(23-19(18)24(3)5-2)21-15-17-12-9-8-10-13-17/h4,7,11,14,17H,1,5-6,8-10,12-13,15-16H2,2-3H3,(H,21,22)/b11-7-,18-14+. The number of hydrogen-bond donors (Lipinski definition) is 1. The summed E-state index contributed by atoms with van der Waals surface area (Å²) in [5, 5.41) is 3.47. The van der Waals surface area contributed by atoms with Crippen LogP contribution in [0.4, 0.5) is 0 Å². The Bertz CT molecular complexity index is 522. The normalized spacial score (nSPS) is 20.8. The van der Waals surface area contributed by atoms with E-state index in [4.69, 9.17) is 4.99 Å². The molecule has 0 radical (unpaired) electrons. The van der Waals surface area contributed by atoms with Gasteiger partial charge in [0.25, 0.3) is 0 Å². The average Bonchev–Trinajstić information content (AvgIpc) is 2.64. The van der Waals surface area contributed by atoms with Gasteiger partial charge in [0.15, 0.2) is 0 Å². The number of amidine groups is 1. The van der Waals surface area contributed by atoms with E-state index in [9.17, 15) is 0 Å². The molecule has 1 aliphatic heterocycles. The fourth-order valence-electron chi connectivity index (χ4n) is 3.13. The fourth-order valence-corrected chi connectivity index (χ4v) is 3.13. The third-order valence-corrected chi connectivity index (χ3v) is 4.74. The molecule has 0 unspecified atom stereocenters. The molecule has 1 N–H and O–H groups in total. The van der Waals surface area contributed by atoms with E-state index in [1.165, 1.54) is 37.7 Å². The molecule has 1 saturated carbocycles. The summed E-state index contributed by atoms with van der Waals surface area (Å²) in [5.41, 5.74) is 1.17. The maximum atomic E-state index is 4.78. The van der Waals surface area contributed by atoms with Crippen molar-refractivity contribution >= 4 is 11.8 Å². The minimum absolute atomic E-state index is 0.689. The fraction of sp³-hybridized carbons (Fsp3) is 0.600. The molecule has 0 saturated heterocycles. The summed E-state index contributed by atoms with van der Waals surface area (Å²) in [6.07, 6.45) is 15.9. The van der Waals surface area contributed by atoms with Crippen LogP contribution in [0.2, 0.25) is 0 Å². The maximum Gasteiger partial charge on any atom is 0.220 e. The van der Waals surface area contributed by atoms with Crippen molar-refractivity contribution in [1.82, 2.24) is 10.2 Å². The zero-order chi connectivity index (χ0) is 17.2. The number of hydrogen-bond acceptors (Lipinski definition) is 4. The van der Waals surface area contributed by atoms with E-state index in [1.807, 2.05) is 6.08 Å². The molecule has 24 heavy (non-hydrogen) atoms. The van der Waals surface area contributed by atoms with E-state index in [1.54, 1.807) is 0 Å². The van der Waals surface area contributed by atoms with E-state index < -0.39 is 0 Å². The number of nitrogens with one attached hydrogen (secondary N) is 1. The summed E-state index contributed by atoms with van der Waals surface area (Å²) < 4.78 is 0. The average molecular weight is 329 g/mol. The molecule has 4 heteroatoms. The van der Waals surface area contributed by atoms with Crippen molar-refractivity contribution in [3.63, 3.8) is 0 Å². The van der Waals surface area contributed by atoms with Gasteiger partial charge in [0.2, 0.25) is 5.96 Å². The van der Waals surface area contributed by atoms with E-state index in [0.29, 0.717) is 6.54 Å². The van der Waals surface area contributed by atoms with E-state index in [-0.39, 0.29) is 0 Å². The number of likely N-dealkylation sites (N-methyl/N-ethyl adjacent to an activating group) is 1. The lowest BCUT2D eigenvalue weighted by Gasteiger charge is -2.26. The number of guanidine groups is 1. The molecule has 0 bridgehead atoms.